The van der Waals surface area contributed by atoms with Crippen molar-refractivity contribution >= 4 is 33.9 Å². The van der Waals surface area contributed by atoms with Gasteiger partial charge in [-0.3, -0.25) is 4.40 Å². The standard InChI is InChI=1S/C13H20N4S2/c1-16(5-7-18-2)12-11(9-14-10-3-4-10)17-6-8-19-13(17)15-12/h6,8,10,14H,3-5,7,9H2,1-2H3. The van der Waals surface area contributed by atoms with Gasteiger partial charge in [-0.1, -0.05) is 0 Å². The van der Waals surface area contributed by atoms with Gasteiger partial charge in [0.15, 0.2) is 10.8 Å². The summed E-state index contributed by atoms with van der Waals surface area (Å²) in [4.78, 5) is 8.16. The van der Waals surface area contributed by atoms with E-state index in [9.17, 15) is 0 Å². The van der Waals surface area contributed by atoms with Crippen molar-refractivity contribution in [1.82, 2.24) is 14.7 Å². The zero-order valence-electron chi connectivity index (χ0n) is 11.4. The molecule has 0 saturated heterocycles. The Morgan fingerprint density at radius 2 is 2.42 bits per heavy atom. The van der Waals surface area contributed by atoms with Gasteiger partial charge in [0.1, 0.15) is 0 Å². The van der Waals surface area contributed by atoms with Crippen LogP contribution in [0, 0.1) is 0 Å². The summed E-state index contributed by atoms with van der Waals surface area (Å²) in [5.74, 6) is 2.27. The van der Waals surface area contributed by atoms with Crippen molar-refractivity contribution in [2.75, 3.05) is 30.5 Å². The third kappa shape index (κ3) is 2.90. The molecule has 2 heterocycles. The molecule has 0 radical (unpaired) electrons. The van der Waals surface area contributed by atoms with Gasteiger partial charge in [-0.15, -0.1) is 11.3 Å². The molecule has 0 spiro atoms. The van der Waals surface area contributed by atoms with Gasteiger partial charge < -0.3 is 10.2 Å². The molecule has 4 nitrogen and oxygen atoms in total. The summed E-state index contributed by atoms with van der Waals surface area (Å²) in [6, 6.07) is 0.730. The monoisotopic (exact) mass is 296 g/mol. The van der Waals surface area contributed by atoms with E-state index < -0.39 is 0 Å². The maximum atomic E-state index is 4.78. The number of thioether (sulfide) groups is 1. The molecule has 1 aliphatic carbocycles. The predicted molar refractivity (Wildman–Crippen MR) is 84.6 cm³/mol. The molecule has 0 aromatic carbocycles. The highest BCUT2D eigenvalue weighted by Gasteiger charge is 2.23. The molecule has 104 valence electrons. The lowest BCUT2D eigenvalue weighted by atomic mass is 10.3. The van der Waals surface area contributed by atoms with Crippen LogP contribution in [0.25, 0.3) is 4.96 Å². The van der Waals surface area contributed by atoms with Gasteiger partial charge in [-0.2, -0.15) is 11.8 Å². The molecule has 19 heavy (non-hydrogen) atoms. The molecular weight excluding hydrogens is 276 g/mol. The van der Waals surface area contributed by atoms with Gasteiger partial charge in [0.05, 0.1) is 5.69 Å². The Bertz CT molecular complexity index is 544. The van der Waals surface area contributed by atoms with Crippen molar-refractivity contribution in [3.05, 3.63) is 17.3 Å². The fourth-order valence-electron chi connectivity index (χ4n) is 2.15. The number of rotatable bonds is 7. The smallest absolute Gasteiger partial charge is 0.195 e. The van der Waals surface area contributed by atoms with E-state index in [1.165, 1.54) is 18.5 Å². The highest BCUT2D eigenvalue weighted by atomic mass is 32.2. The molecule has 1 fully saturated rings. The normalized spacial score (nSPS) is 15.3. The molecule has 6 heteroatoms. The number of anilines is 1. The first-order valence-corrected chi connectivity index (χ1v) is 8.95. The number of hydrogen-bond acceptors (Lipinski definition) is 5. The maximum Gasteiger partial charge on any atom is 0.195 e. The van der Waals surface area contributed by atoms with Gasteiger partial charge in [-0.05, 0) is 19.1 Å². The third-order valence-electron chi connectivity index (χ3n) is 3.47. The summed E-state index contributed by atoms with van der Waals surface area (Å²) in [5, 5.41) is 5.71. The Morgan fingerprint density at radius 3 is 3.16 bits per heavy atom. The van der Waals surface area contributed by atoms with Crippen LogP contribution in [0.2, 0.25) is 0 Å². The third-order valence-corrected chi connectivity index (χ3v) is 4.82. The molecule has 1 saturated carbocycles. The van der Waals surface area contributed by atoms with Crippen molar-refractivity contribution < 1.29 is 0 Å². The summed E-state index contributed by atoms with van der Waals surface area (Å²) < 4.78 is 2.23. The SMILES string of the molecule is CSCCN(C)c1nc2sccn2c1CNC1CC1. The Kier molecular flexibility index (Phi) is 4.00. The molecule has 2 aromatic heterocycles. The van der Waals surface area contributed by atoms with E-state index in [2.05, 4.69) is 39.5 Å². The first-order valence-electron chi connectivity index (χ1n) is 6.67. The number of nitrogens with one attached hydrogen (secondary N) is 1. The maximum absolute atomic E-state index is 4.78. The first kappa shape index (κ1) is 13.3. The van der Waals surface area contributed by atoms with Crippen molar-refractivity contribution in [2.24, 2.45) is 0 Å². The molecule has 1 aliphatic rings. The van der Waals surface area contributed by atoms with E-state index in [0.717, 1.165) is 35.7 Å². The van der Waals surface area contributed by atoms with Gasteiger partial charge in [0.2, 0.25) is 0 Å². The van der Waals surface area contributed by atoms with Gasteiger partial charge in [0.25, 0.3) is 0 Å². The van der Waals surface area contributed by atoms with Crippen LogP contribution in [0.3, 0.4) is 0 Å². The lowest BCUT2D eigenvalue weighted by Gasteiger charge is -2.18. The summed E-state index contributed by atoms with van der Waals surface area (Å²) in [5.41, 5.74) is 1.30. The Balaban J connectivity index is 1.83. The molecule has 3 rings (SSSR count). The summed E-state index contributed by atoms with van der Waals surface area (Å²) >= 11 is 3.58. The number of fused-ring (bicyclic) bond motifs is 1. The van der Waals surface area contributed by atoms with Crippen LogP contribution < -0.4 is 10.2 Å². The summed E-state index contributed by atoms with van der Waals surface area (Å²) in [6.07, 6.45) is 6.92. The van der Waals surface area contributed by atoms with Crippen LogP contribution in [-0.4, -0.2) is 41.0 Å². The van der Waals surface area contributed by atoms with Crippen molar-refractivity contribution in [2.45, 2.75) is 25.4 Å². The van der Waals surface area contributed by atoms with E-state index in [1.54, 1.807) is 11.3 Å². The quantitative estimate of drug-likeness (QED) is 0.851. The van der Waals surface area contributed by atoms with Crippen LogP contribution in [0.1, 0.15) is 18.5 Å². The van der Waals surface area contributed by atoms with Gasteiger partial charge >= 0.3 is 0 Å². The van der Waals surface area contributed by atoms with Crippen LogP contribution in [0.5, 0.6) is 0 Å². The highest BCUT2D eigenvalue weighted by Crippen LogP contribution is 2.26. The van der Waals surface area contributed by atoms with Crippen molar-refractivity contribution in [3.63, 3.8) is 0 Å². The number of thiazole rings is 1. The number of imidazole rings is 1. The average molecular weight is 296 g/mol. The van der Waals surface area contributed by atoms with Crippen molar-refractivity contribution in [1.29, 1.82) is 0 Å². The fourth-order valence-corrected chi connectivity index (χ4v) is 3.34. The van der Waals surface area contributed by atoms with Gasteiger partial charge in [0, 0.05) is 43.5 Å². The van der Waals surface area contributed by atoms with E-state index in [0.29, 0.717) is 0 Å². The van der Waals surface area contributed by atoms with Gasteiger partial charge in [-0.25, -0.2) is 4.98 Å². The first-order chi connectivity index (χ1) is 9.29. The minimum absolute atomic E-state index is 0.730. The molecular formula is C13H20N4S2. The van der Waals surface area contributed by atoms with Crippen molar-refractivity contribution in [3.8, 4) is 0 Å². The molecule has 2 aromatic rings. The lowest BCUT2D eigenvalue weighted by molar-refractivity contribution is 0.669. The summed E-state index contributed by atoms with van der Waals surface area (Å²) in [7, 11) is 2.14. The fraction of sp³-hybridized carbons (Fsp3) is 0.615. The largest absolute Gasteiger partial charge is 0.357 e. The zero-order chi connectivity index (χ0) is 13.2. The second-order valence-electron chi connectivity index (χ2n) is 5.01. The van der Waals surface area contributed by atoms with E-state index in [-0.39, 0.29) is 0 Å². The molecule has 0 bridgehead atoms. The minimum Gasteiger partial charge on any atom is -0.357 e. The molecule has 1 N–H and O–H groups in total. The predicted octanol–water partition coefficient (Wildman–Crippen LogP) is 2.45. The average Bonchev–Trinajstić information content (AvgIpc) is 3.01. The molecule has 0 unspecified atom stereocenters. The Labute approximate surface area is 122 Å². The Morgan fingerprint density at radius 1 is 1.58 bits per heavy atom. The topological polar surface area (TPSA) is 32.6 Å². The summed E-state index contributed by atoms with van der Waals surface area (Å²) in [6.45, 7) is 1.96. The minimum atomic E-state index is 0.730. The van der Waals surface area contributed by atoms with Crippen LogP contribution in [-0.2, 0) is 6.54 Å². The lowest BCUT2D eigenvalue weighted by Crippen LogP contribution is -2.24. The highest BCUT2D eigenvalue weighted by molar-refractivity contribution is 7.98. The molecule has 0 aliphatic heterocycles. The van der Waals surface area contributed by atoms with Crippen LogP contribution in [0.4, 0.5) is 5.82 Å². The Hall–Kier alpha value is -0.720. The van der Waals surface area contributed by atoms with Crippen LogP contribution >= 0.6 is 23.1 Å². The van der Waals surface area contributed by atoms with Crippen LogP contribution in [0.15, 0.2) is 11.6 Å². The second-order valence-corrected chi connectivity index (χ2v) is 6.87. The molecule has 0 amide bonds. The zero-order valence-corrected chi connectivity index (χ0v) is 13.1. The number of nitrogens with zero attached hydrogens (tertiary/aromatic N) is 3. The number of aromatic nitrogens is 2. The van der Waals surface area contributed by atoms with E-state index in [1.807, 2.05) is 11.8 Å². The molecule has 0 atom stereocenters. The number of hydrogen-bond donors (Lipinski definition) is 1. The second kappa shape index (κ2) is 5.73. The van der Waals surface area contributed by atoms with E-state index >= 15 is 0 Å². The van der Waals surface area contributed by atoms with E-state index in [4.69, 9.17) is 4.98 Å².